The van der Waals surface area contributed by atoms with E-state index in [9.17, 15) is 4.79 Å². The third-order valence-electron chi connectivity index (χ3n) is 7.59. The summed E-state index contributed by atoms with van der Waals surface area (Å²) in [5.41, 5.74) is 3.90. The van der Waals surface area contributed by atoms with E-state index in [1.54, 1.807) is 0 Å². The molecular weight excluding hydrogens is 390 g/mol. The summed E-state index contributed by atoms with van der Waals surface area (Å²) in [7, 11) is 0. The van der Waals surface area contributed by atoms with Crippen LogP contribution in [0, 0.1) is 11.8 Å². The number of amides is 1. The monoisotopic (exact) mass is 421 g/mol. The van der Waals surface area contributed by atoms with Crippen LogP contribution in [0.5, 0.6) is 0 Å². The Morgan fingerprint density at radius 2 is 1.90 bits per heavy atom. The van der Waals surface area contributed by atoms with Crippen molar-refractivity contribution in [2.45, 2.75) is 69.9 Å². The Bertz CT molecular complexity index is 955. The lowest BCUT2D eigenvalue weighted by molar-refractivity contribution is -0.137. The molecule has 31 heavy (non-hydrogen) atoms. The molecule has 4 aliphatic carbocycles. The molecule has 0 spiro atoms. The van der Waals surface area contributed by atoms with Gasteiger partial charge in [-0.25, -0.2) is 0 Å². The molecule has 2 heterocycles. The second-order valence-electron chi connectivity index (χ2n) is 9.64. The number of carbonyl (C=O) groups excluding carboxylic acids is 1. The maximum absolute atomic E-state index is 13.6. The maximum Gasteiger partial charge on any atom is 0.230 e. The van der Waals surface area contributed by atoms with Crippen LogP contribution < -0.4 is 0 Å². The topological polar surface area (TPSA) is 67.5 Å². The van der Waals surface area contributed by atoms with Gasteiger partial charge in [0.1, 0.15) is 24.7 Å². The van der Waals surface area contributed by atoms with Crippen LogP contribution in [0.25, 0.3) is 0 Å². The van der Waals surface area contributed by atoms with Gasteiger partial charge in [-0.15, -0.1) is 0 Å². The fraction of sp³-hybridized carbons (Fsp3) is 0.600. The summed E-state index contributed by atoms with van der Waals surface area (Å²) in [6.45, 7) is 1.34. The fourth-order valence-corrected chi connectivity index (χ4v) is 5.75. The van der Waals surface area contributed by atoms with Gasteiger partial charge in [-0.2, -0.15) is 5.10 Å². The van der Waals surface area contributed by atoms with Gasteiger partial charge in [0.05, 0.1) is 12.1 Å². The third kappa shape index (κ3) is 3.70. The van der Waals surface area contributed by atoms with Crippen LogP contribution in [0.3, 0.4) is 0 Å². The Hall–Kier alpha value is -2.50. The average Bonchev–Trinajstić information content (AvgIpc) is 3.54. The van der Waals surface area contributed by atoms with Gasteiger partial charge in [0.15, 0.2) is 0 Å². The SMILES string of the molecule is O=C(C1C=CC(C2CCC3=C(C2)OCCO3)=CC1)N(C1CC1)C1CCc2[nH]ncc2C1. The summed E-state index contributed by atoms with van der Waals surface area (Å²) < 4.78 is 11.6. The van der Waals surface area contributed by atoms with Gasteiger partial charge in [0.25, 0.3) is 0 Å². The zero-order valence-electron chi connectivity index (χ0n) is 18.0. The molecule has 1 aromatic heterocycles. The molecule has 1 fully saturated rings. The number of hydrogen-bond donors (Lipinski definition) is 1. The van der Waals surface area contributed by atoms with Gasteiger partial charge in [0.2, 0.25) is 5.91 Å². The van der Waals surface area contributed by atoms with Crippen LogP contribution >= 0.6 is 0 Å². The molecule has 1 amide bonds. The predicted molar refractivity (Wildman–Crippen MR) is 116 cm³/mol. The van der Waals surface area contributed by atoms with Crippen molar-refractivity contribution in [1.82, 2.24) is 15.1 Å². The van der Waals surface area contributed by atoms with E-state index in [0.717, 1.165) is 69.3 Å². The zero-order valence-corrected chi connectivity index (χ0v) is 18.0. The summed E-state index contributed by atoms with van der Waals surface area (Å²) in [6, 6.07) is 0.757. The highest BCUT2D eigenvalue weighted by molar-refractivity contribution is 5.82. The number of H-pyrrole nitrogens is 1. The summed E-state index contributed by atoms with van der Waals surface area (Å²) in [5.74, 6) is 2.88. The molecule has 1 saturated carbocycles. The standard InChI is InChI=1S/C25H31N3O3/c29-25(28(20-6-7-20)21-8-9-22-19(13-21)15-26-27-22)17-3-1-16(2-4-17)18-5-10-23-24(14-18)31-12-11-30-23/h1-3,15,17-18,20-21H,4-14H2,(H,26,27). The number of aromatic nitrogens is 2. The number of ether oxygens (including phenoxy) is 2. The van der Waals surface area contributed by atoms with Crippen molar-refractivity contribution < 1.29 is 14.3 Å². The highest BCUT2D eigenvalue weighted by atomic mass is 16.6. The molecule has 164 valence electrons. The molecule has 0 bridgehead atoms. The van der Waals surface area contributed by atoms with Crippen molar-refractivity contribution in [2.75, 3.05) is 13.2 Å². The lowest BCUT2D eigenvalue weighted by Gasteiger charge is -2.37. The normalized spacial score (nSPS) is 29.9. The minimum absolute atomic E-state index is 0.0253. The molecule has 3 unspecified atom stereocenters. The Balaban J connectivity index is 1.12. The van der Waals surface area contributed by atoms with Crippen molar-refractivity contribution in [3.05, 3.63) is 52.8 Å². The number of nitrogens with one attached hydrogen (secondary N) is 1. The number of hydrogen-bond acceptors (Lipinski definition) is 4. The van der Waals surface area contributed by atoms with E-state index in [4.69, 9.17) is 9.47 Å². The number of fused-ring (bicyclic) bond motifs is 1. The molecular formula is C25H31N3O3. The smallest absolute Gasteiger partial charge is 0.230 e. The first-order chi connectivity index (χ1) is 15.3. The molecule has 1 N–H and O–H groups in total. The number of aryl methyl sites for hydroxylation is 1. The fourth-order valence-electron chi connectivity index (χ4n) is 5.75. The van der Waals surface area contributed by atoms with Crippen LogP contribution in [0.1, 0.15) is 56.2 Å². The first kappa shape index (κ1) is 19.2. The van der Waals surface area contributed by atoms with E-state index in [-0.39, 0.29) is 5.92 Å². The molecule has 1 aromatic rings. The quantitative estimate of drug-likeness (QED) is 0.803. The minimum Gasteiger partial charge on any atom is -0.491 e. The minimum atomic E-state index is -0.0253. The molecule has 6 heteroatoms. The Labute approximate surface area is 183 Å². The molecule has 6 nitrogen and oxygen atoms in total. The number of rotatable bonds is 4. The van der Waals surface area contributed by atoms with Gasteiger partial charge in [-0.3, -0.25) is 9.89 Å². The lowest BCUT2D eigenvalue weighted by Crippen LogP contribution is -2.47. The molecule has 0 radical (unpaired) electrons. The Kier molecular flexibility index (Phi) is 4.88. The van der Waals surface area contributed by atoms with E-state index < -0.39 is 0 Å². The predicted octanol–water partition coefficient (Wildman–Crippen LogP) is 3.82. The first-order valence-corrected chi connectivity index (χ1v) is 12.0. The van der Waals surface area contributed by atoms with Gasteiger partial charge in [-0.05, 0) is 62.0 Å². The second-order valence-corrected chi connectivity index (χ2v) is 9.64. The second kappa shape index (κ2) is 7.88. The van der Waals surface area contributed by atoms with E-state index in [0.29, 0.717) is 37.1 Å². The number of carbonyl (C=O) groups is 1. The van der Waals surface area contributed by atoms with E-state index in [2.05, 4.69) is 33.3 Å². The van der Waals surface area contributed by atoms with Crippen LogP contribution in [0.15, 0.2) is 41.5 Å². The van der Waals surface area contributed by atoms with Gasteiger partial charge >= 0.3 is 0 Å². The molecule has 3 atom stereocenters. The Morgan fingerprint density at radius 3 is 2.71 bits per heavy atom. The van der Waals surface area contributed by atoms with Crippen molar-refractivity contribution in [1.29, 1.82) is 0 Å². The van der Waals surface area contributed by atoms with E-state index >= 15 is 0 Å². The summed E-state index contributed by atoms with van der Waals surface area (Å²) >= 11 is 0. The molecule has 5 aliphatic rings. The maximum atomic E-state index is 13.6. The van der Waals surface area contributed by atoms with Crippen LogP contribution in [-0.4, -0.2) is 46.3 Å². The van der Waals surface area contributed by atoms with Gasteiger partial charge < -0.3 is 14.4 Å². The number of allylic oxidation sites excluding steroid dienone is 5. The van der Waals surface area contributed by atoms with Crippen molar-refractivity contribution in [3.8, 4) is 0 Å². The number of aromatic amines is 1. The average molecular weight is 422 g/mol. The van der Waals surface area contributed by atoms with Crippen LogP contribution in [0.4, 0.5) is 0 Å². The number of nitrogens with zero attached hydrogens (tertiary/aromatic N) is 2. The van der Waals surface area contributed by atoms with Crippen molar-refractivity contribution in [3.63, 3.8) is 0 Å². The summed E-state index contributed by atoms with van der Waals surface area (Å²) in [5, 5.41) is 7.32. The first-order valence-electron chi connectivity index (χ1n) is 12.0. The van der Waals surface area contributed by atoms with E-state index in [1.165, 1.54) is 16.8 Å². The lowest BCUT2D eigenvalue weighted by atomic mass is 9.81. The molecule has 0 saturated heterocycles. The van der Waals surface area contributed by atoms with E-state index in [1.807, 2.05) is 6.20 Å². The van der Waals surface area contributed by atoms with Crippen molar-refractivity contribution >= 4 is 5.91 Å². The van der Waals surface area contributed by atoms with Crippen molar-refractivity contribution in [2.24, 2.45) is 11.8 Å². The zero-order chi connectivity index (χ0) is 20.8. The molecule has 6 rings (SSSR count). The van der Waals surface area contributed by atoms with Crippen LogP contribution in [-0.2, 0) is 27.1 Å². The summed E-state index contributed by atoms with van der Waals surface area (Å²) in [6.07, 6.45) is 17.7. The van der Waals surface area contributed by atoms with Crippen LogP contribution in [0.2, 0.25) is 0 Å². The van der Waals surface area contributed by atoms with Gasteiger partial charge in [0, 0.05) is 30.6 Å². The highest BCUT2D eigenvalue weighted by Gasteiger charge is 2.41. The third-order valence-corrected chi connectivity index (χ3v) is 7.59. The molecule has 1 aliphatic heterocycles. The highest BCUT2D eigenvalue weighted by Crippen LogP contribution is 2.39. The Morgan fingerprint density at radius 1 is 1.03 bits per heavy atom. The van der Waals surface area contributed by atoms with Gasteiger partial charge in [-0.1, -0.05) is 18.2 Å². The summed E-state index contributed by atoms with van der Waals surface area (Å²) in [4.78, 5) is 15.8. The molecule has 0 aromatic carbocycles. The largest absolute Gasteiger partial charge is 0.491 e.